The molecule has 3 rings (SSSR count). The van der Waals surface area contributed by atoms with Gasteiger partial charge in [-0.25, -0.2) is 0 Å². The smallest absolute Gasteiger partial charge is 0.191 e. The average molecular weight is 531 g/mol. The van der Waals surface area contributed by atoms with Gasteiger partial charge in [-0.1, -0.05) is 12.1 Å². The van der Waals surface area contributed by atoms with Crippen molar-refractivity contribution in [2.75, 3.05) is 66.6 Å². The van der Waals surface area contributed by atoms with Crippen LogP contribution in [0.25, 0.3) is 0 Å². The summed E-state index contributed by atoms with van der Waals surface area (Å²) >= 11 is 0. The molecule has 1 aromatic rings. The zero-order valence-electron chi connectivity index (χ0n) is 18.6. The van der Waals surface area contributed by atoms with Crippen LogP contribution in [-0.2, 0) is 4.74 Å². The van der Waals surface area contributed by atoms with Crippen molar-refractivity contribution >= 4 is 29.9 Å². The predicted octanol–water partition coefficient (Wildman–Crippen LogP) is 2.34. The highest BCUT2D eigenvalue weighted by Crippen LogP contribution is 2.27. The second-order valence-corrected chi connectivity index (χ2v) is 7.89. The molecular weight excluding hydrogens is 493 g/mol. The minimum atomic E-state index is 0. The van der Waals surface area contributed by atoms with Crippen LogP contribution in [0.4, 0.5) is 0 Å². The van der Waals surface area contributed by atoms with Gasteiger partial charge in [0.1, 0.15) is 5.75 Å². The van der Waals surface area contributed by atoms with Crippen molar-refractivity contribution in [2.45, 2.75) is 31.9 Å². The van der Waals surface area contributed by atoms with Crippen molar-refractivity contribution in [3.05, 3.63) is 29.8 Å². The van der Waals surface area contributed by atoms with Crippen LogP contribution in [0.15, 0.2) is 29.3 Å². The number of aliphatic imine (C=N–C) groups is 1. The van der Waals surface area contributed by atoms with Gasteiger partial charge >= 0.3 is 0 Å². The first-order valence-electron chi connectivity index (χ1n) is 10.9. The molecule has 1 aromatic carbocycles. The van der Waals surface area contributed by atoms with E-state index in [0.717, 1.165) is 57.6 Å². The number of benzene rings is 1. The molecule has 2 fully saturated rings. The lowest BCUT2D eigenvalue weighted by Gasteiger charge is -2.30. The third-order valence-corrected chi connectivity index (χ3v) is 5.67. The van der Waals surface area contributed by atoms with Gasteiger partial charge in [0.2, 0.25) is 0 Å². The van der Waals surface area contributed by atoms with Crippen LogP contribution in [0, 0.1) is 0 Å². The molecule has 170 valence electrons. The molecule has 2 heterocycles. The molecule has 2 saturated heterocycles. The van der Waals surface area contributed by atoms with Crippen molar-refractivity contribution in [2.24, 2.45) is 4.99 Å². The summed E-state index contributed by atoms with van der Waals surface area (Å²) in [6.45, 7) is 9.43. The van der Waals surface area contributed by atoms with Crippen LogP contribution in [-0.4, -0.2) is 88.4 Å². The van der Waals surface area contributed by atoms with E-state index >= 15 is 0 Å². The first-order chi connectivity index (χ1) is 14.2. The van der Waals surface area contributed by atoms with Crippen molar-refractivity contribution in [1.29, 1.82) is 0 Å². The van der Waals surface area contributed by atoms with Gasteiger partial charge in [-0.3, -0.25) is 9.89 Å². The lowest BCUT2D eigenvalue weighted by Crippen LogP contribution is -2.48. The lowest BCUT2D eigenvalue weighted by molar-refractivity contribution is -0.0161. The van der Waals surface area contributed by atoms with Gasteiger partial charge in [-0.05, 0) is 57.6 Å². The Balaban J connectivity index is 0.00000320. The highest BCUT2D eigenvalue weighted by Gasteiger charge is 2.24. The molecule has 7 nitrogen and oxygen atoms in total. The number of guanidine groups is 1. The molecule has 0 saturated carbocycles. The van der Waals surface area contributed by atoms with E-state index in [4.69, 9.17) is 14.5 Å². The fraction of sp³-hybridized carbons (Fsp3) is 0.682. The highest BCUT2D eigenvalue weighted by atomic mass is 127. The number of nitrogens with one attached hydrogen (secondary N) is 2. The fourth-order valence-electron chi connectivity index (χ4n) is 4.05. The van der Waals surface area contributed by atoms with Crippen LogP contribution in [0.1, 0.15) is 31.4 Å². The molecule has 0 aromatic heterocycles. The quantitative estimate of drug-likeness (QED) is 0.305. The molecule has 2 N–H and O–H groups in total. The van der Waals surface area contributed by atoms with Crippen molar-refractivity contribution in [3.63, 3.8) is 0 Å². The summed E-state index contributed by atoms with van der Waals surface area (Å²) in [4.78, 5) is 9.79. The number of rotatable bonds is 8. The number of likely N-dealkylation sites (N-methyl/N-ethyl adjacent to an activating group) is 1. The van der Waals surface area contributed by atoms with Gasteiger partial charge in [-0.15, -0.1) is 24.0 Å². The Hall–Kier alpha value is -1.10. The number of ether oxygens (including phenoxy) is 2. The Kier molecular flexibility index (Phi) is 11.2. The summed E-state index contributed by atoms with van der Waals surface area (Å²) in [6.07, 6.45) is 2.72. The van der Waals surface area contributed by atoms with E-state index in [1.807, 2.05) is 6.07 Å². The zero-order valence-corrected chi connectivity index (χ0v) is 20.9. The van der Waals surface area contributed by atoms with E-state index in [2.05, 4.69) is 52.6 Å². The minimum absolute atomic E-state index is 0. The molecule has 0 amide bonds. The second kappa shape index (κ2) is 13.3. The third kappa shape index (κ3) is 7.55. The highest BCUT2D eigenvalue weighted by molar-refractivity contribution is 14.0. The molecule has 0 aliphatic carbocycles. The first kappa shape index (κ1) is 25.2. The van der Waals surface area contributed by atoms with Gasteiger partial charge < -0.3 is 25.0 Å². The Labute approximate surface area is 198 Å². The first-order valence-corrected chi connectivity index (χ1v) is 10.9. The van der Waals surface area contributed by atoms with Gasteiger partial charge in [0.25, 0.3) is 0 Å². The molecule has 0 bridgehead atoms. The maximum absolute atomic E-state index is 5.87. The van der Waals surface area contributed by atoms with Crippen LogP contribution in [0.2, 0.25) is 0 Å². The minimum Gasteiger partial charge on any atom is -0.497 e. The summed E-state index contributed by atoms with van der Waals surface area (Å²) in [5, 5.41) is 6.85. The monoisotopic (exact) mass is 531 g/mol. The van der Waals surface area contributed by atoms with E-state index in [-0.39, 0.29) is 36.1 Å². The van der Waals surface area contributed by atoms with Crippen LogP contribution in [0.3, 0.4) is 0 Å². The molecule has 2 unspecified atom stereocenters. The van der Waals surface area contributed by atoms with E-state index in [0.29, 0.717) is 6.54 Å². The summed E-state index contributed by atoms with van der Waals surface area (Å²) in [7, 11) is 3.86. The Morgan fingerprint density at radius 1 is 1.27 bits per heavy atom. The number of nitrogens with zero attached hydrogens (tertiary/aromatic N) is 3. The predicted molar refractivity (Wildman–Crippen MR) is 133 cm³/mol. The molecule has 8 heteroatoms. The number of morpholine rings is 1. The van der Waals surface area contributed by atoms with Gasteiger partial charge in [-0.2, -0.15) is 0 Å². The van der Waals surface area contributed by atoms with E-state index in [1.54, 1.807) is 7.11 Å². The normalized spacial score (nSPS) is 21.7. The maximum Gasteiger partial charge on any atom is 0.191 e. The molecule has 30 heavy (non-hydrogen) atoms. The number of halogens is 1. The zero-order chi connectivity index (χ0) is 20.5. The Morgan fingerprint density at radius 2 is 2.07 bits per heavy atom. The molecular formula is C22H38IN5O2. The molecule has 2 atom stereocenters. The summed E-state index contributed by atoms with van der Waals surface area (Å²) < 4.78 is 11.3. The average Bonchev–Trinajstić information content (AvgIpc) is 3.27. The lowest BCUT2D eigenvalue weighted by atomic mass is 10.1. The van der Waals surface area contributed by atoms with Crippen molar-refractivity contribution in [1.82, 2.24) is 20.4 Å². The van der Waals surface area contributed by atoms with E-state index in [9.17, 15) is 0 Å². The second-order valence-electron chi connectivity index (χ2n) is 7.89. The number of hydrogen-bond donors (Lipinski definition) is 2. The fourth-order valence-corrected chi connectivity index (χ4v) is 4.05. The SMILES string of the molecule is CCNC(=NCC(c1cccc(OC)c1)N1CCCC1)NCC1CN(C)CCO1.I. The largest absolute Gasteiger partial charge is 0.497 e. The van der Waals surface area contributed by atoms with Gasteiger partial charge in [0, 0.05) is 26.2 Å². The standard InChI is InChI=1S/C22H37N5O2.HI/c1-4-23-22(24-15-20-17-26(2)12-13-29-20)25-16-21(27-10-5-6-11-27)18-8-7-9-19(14-18)28-3;/h7-9,14,20-21H,4-6,10-13,15-17H2,1-3H3,(H2,23,24,25);1H. The van der Waals surface area contributed by atoms with Crippen LogP contribution in [0.5, 0.6) is 5.75 Å². The third-order valence-electron chi connectivity index (χ3n) is 5.67. The molecule has 2 aliphatic rings. The van der Waals surface area contributed by atoms with Gasteiger partial charge in [0.05, 0.1) is 32.4 Å². The summed E-state index contributed by atoms with van der Waals surface area (Å²) in [6, 6.07) is 8.67. The molecule has 0 radical (unpaired) electrons. The van der Waals surface area contributed by atoms with E-state index in [1.165, 1.54) is 18.4 Å². The van der Waals surface area contributed by atoms with Crippen molar-refractivity contribution < 1.29 is 9.47 Å². The summed E-state index contributed by atoms with van der Waals surface area (Å²) in [5.74, 6) is 1.76. The molecule has 2 aliphatic heterocycles. The van der Waals surface area contributed by atoms with Gasteiger partial charge in [0.15, 0.2) is 5.96 Å². The van der Waals surface area contributed by atoms with Crippen molar-refractivity contribution in [3.8, 4) is 5.75 Å². The Bertz CT molecular complexity index is 654. The van der Waals surface area contributed by atoms with Crippen LogP contribution >= 0.6 is 24.0 Å². The molecule has 0 spiro atoms. The number of methoxy groups -OCH3 is 1. The maximum atomic E-state index is 5.87. The number of likely N-dealkylation sites (tertiary alicyclic amines) is 1. The van der Waals surface area contributed by atoms with Crippen LogP contribution < -0.4 is 15.4 Å². The summed E-state index contributed by atoms with van der Waals surface area (Å²) in [5.41, 5.74) is 1.27. The Morgan fingerprint density at radius 3 is 2.77 bits per heavy atom. The topological polar surface area (TPSA) is 61.4 Å². The van der Waals surface area contributed by atoms with E-state index < -0.39 is 0 Å². The number of hydrogen-bond acceptors (Lipinski definition) is 5.